The first-order chi connectivity index (χ1) is 9.67. The van der Waals surface area contributed by atoms with Gasteiger partial charge in [0.15, 0.2) is 0 Å². The molecule has 20 heavy (non-hydrogen) atoms. The lowest BCUT2D eigenvalue weighted by molar-refractivity contribution is -0.108. The molecular weight excluding hydrogens is 252 g/mol. The molecule has 3 heteroatoms. The minimum absolute atomic E-state index is 0.297. The van der Waals surface area contributed by atoms with Gasteiger partial charge in [-0.3, -0.25) is 0 Å². The van der Waals surface area contributed by atoms with Crippen LogP contribution in [0.1, 0.15) is 22.6 Å². The molecule has 1 unspecified atom stereocenters. The van der Waals surface area contributed by atoms with E-state index >= 15 is 0 Å². The van der Waals surface area contributed by atoms with Crippen molar-refractivity contribution < 1.29 is 14.3 Å². The predicted octanol–water partition coefficient (Wildman–Crippen LogP) is 3.34. The lowest BCUT2D eigenvalue weighted by Gasteiger charge is -2.14. The Hall–Kier alpha value is -2.29. The number of aldehydes is 1. The van der Waals surface area contributed by atoms with E-state index in [9.17, 15) is 4.79 Å². The number of carbonyl (C=O) groups is 1. The minimum Gasteiger partial charge on any atom is -0.497 e. The Bertz CT molecular complexity index is 588. The van der Waals surface area contributed by atoms with Gasteiger partial charge in [-0.2, -0.15) is 0 Å². The second kappa shape index (κ2) is 6.24. The second-order valence-corrected chi connectivity index (χ2v) is 4.67. The molecule has 0 fully saturated rings. The van der Waals surface area contributed by atoms with Gasteiger partial charge in [0, 0.05) is 0 Å². The number of ether oxygens (including phenoxy) is 2. The molecule has 104 valence electrons. The molecule has 0 heterocycles. The zero-order valence-electron chi connectivity index (χ0n) is 11.9. The monoisotopic (exact) mass is 270 g/mol. The molecule has 0 spiro atoms. The Morgan fingerprint density at radius 1 is 0.900 bits per heavy atom. The third-order valence-electron chi connectivity index (χ3n) is 3.28. The molecule has 0 saturated carbocycles. The Balaban J connectivity index is 2.40. The first kappa shape index (κ1) is 14.1. The zero-order valence-corrected chi connectivity index (χ0v) is 11.9. The van der Waals surface area contributed by atoms with Crippen LogP contribution < -0.4 is 9.47 Å². The Labute approximate surface area is 119 Å². The summed E-state index contributed by atoms with van der Waals surface area (Å²) in [7, 11) is 3.25. The normalized spacial score (nSPS) is 11.8. The number of hydrogen-bond acceptors (Lipinski definition) is 3. The van der Waals surface area contributed by atoms with Crippen LogP contribution in [0.2, 0.25) is 0 Å². The average Bonchev–Trinajstić information content (AvgIpc) is 2.48. The van der Waals surface area contributed by atoms with Crippen LogP contribution in [-0.4, -0.2) is 20.5 Å². The fourth-order valence-corrected chi connectivity index (χ4v) is 2.23. The van der Waals surface area contributed by atoms with Gasteiger partial charge in [-0.15, -0.1) is 0 Å². The SMILES string of the molecule is COc1ccc(C(C=O)c2cc(C)cc(OC)c2)cc1. The van der Waals surface area contributed by atoms with Gasteiger partial charge >= 0.3 is 0 Å². The van der Waals surface area contributed by atoms with Crippen LogP contribution in [0.3, 0.4) is 0 Å². The molecule has 0 aliphatic rings. The summed E-state index contributed by atoms with van der Waals surface area (Å²) in [6, 6.07) is 13.4. The smallest absolute Gasteiger partial charge is 0.131 e. The van der Waals surface area contributed by atoms with Gasteiger partial charge in [0.2, 0.25) is 0 Å². The van der Waals surface area contributed by atoms with Crippen LogP contribution in [0.5, 0.6) is 11.5 Å². The molecule has 0 radical (unpaired) electrons. The molecule has 0 amide bonds. The van der Waals surface area contributed by atoms with Crippen LogP contribution in [0, 0.1) is 6.92 Å². The number of rotatable bonds is 5. The molecule has 3 nitrogen and oxygen atoms in total. The van der Waals surface area contributed by atoms with Gasteiger partial charge in [-0.25, -0.2) is 0 Å². The molecule has 0 N–H and O–H groups in total. The number of carbonyl (C=O) groups excluding carboxylic acids is 1. The molecule has 1 atom stereocenters. The highest BCUT2D eigenvalue weighted by Crippen LogP contribution is 2.28. The zero-order chi connectivity index (χ0) is 14.5. The minimum atomic E-state index is -0.297. The van der Waals surface area contributed by atoms with Gasteiger partial charge in [0.25, 0.3) is 0 Å². The van der Waals surface area contributed by atoms with Crippen molar-refractivity contribution >= 4 is 6.29 Å². The predicted molar refractivity (Wildman–Crippen MR) is 78.6 cm³/mol. The lowest BCUT2D eigenvalue weighted by Crippen LogP contribution is -2.03. The molecule has 2 rings (SSSR count). The van der Waals surface area contributed by atoms with Gasteiger partial charge in [-0.1, -0.05) is 18.2 Å². The third-order valence-corrected chi connectivity index (χ3v) is 3.28. The van der Waals surface area contributed by atoms with Crippen LogP contribution in [-0.2, 0) is 4.79 Å². The topological polar surface area (TPSA) is 35.5 Å². The largest absolute Gasteiger partial charge is 0.497 e. The lowest BCUT2D eigenvalue weighted by atomic mass is 9.91. The maximum atomic E-state index is 11.5. The summed E-state index contributed by atoms with van der Waals surface area (Å²) in [5.41, 5.74) is 2.94. The van der Waals surface area contributed by atoms with Crippen molar-refractivity contribution in [2.24, 2.45) is 0 Å². The van der Waals surface area contributed by atoms with Crippen LogP contribution in [0.25, 0.3) is 0 Å². The summed E-state index contributed by atoms with van der Waals surface area (Å²) < 4.78 is 10.4. The number of benzene rings is 2. The highest BCUT2D eigenvalue weighted by atomic mass is 16.5. The van der Waals surface area contributed by atoms with Crippen molar-refractivity contribution in [3.8, 4) is 11.5 Å². The van der Waals surface area contributed by atoms with Crippen molar-refractivity contribution in [3.05, 3.63) is 59.2 Å². The van der Waals surface area contributed by atoms with Crippen molar-refractivity contribution in [1.29, 1.82) is 0 Å². The first-order valence-corrected chi connectivity index (χ1v) is 6.42. The summed E-state index contributed by atoms with van der Waals surface area (Å²) in [5.74, 6) is 1.25. The quantitative estimate of drug-likeness (QED) is 0.782. The van der Waals surface area contributed by atoms with Gasteiger partial charge < -0.3 is 14.3 Å². The fraction of sp³-hybridized carbons (Fsp3) is 0.235. The Kier molecular flexibility index (Phi) is 4.41. The molecule has 0 aliphatic heterocycles. The summed E-state index contributed by atoms with van der Waals surface area (Å²) in [5, 5.41) is 0. The number of methoxy groups -OCH3 is 2. The van der Waals surface area contributed by atoms with E-state index in [2.05, 4.69) is 0 Å². The molecule has 0 saturated heterocycles. The summed E-state index contributed by atoms with van der Waals surface area (Å²) in [6.45, 7) is 1.99. The van der Waals surface area contributed by atoms with Crippen LogP contribution in [0.4, 0.5) is 0 Å². The van der Waals surface area contributed by atoms with E-state index in [1.807, 2.05) is 49.4 Å². The molecule has 2 aromatic rings. The molecule has 0 aliphatic carbocycles. The maximum absolute atomic E-state index is 11.5. The van der Waals surface area contributed by atoms with Crippen molar-refractivity contribution in [2.45, 2.75) is 12.8 Å². The van der Waals surface area contributed by atoms with E-state index in [1.54, 1.807) is 14.2 Å². The second-order valence-electron chi connectivity index (χ2n) is 4.67. The van der Waals surface area contributed by atoms with Crippen LogP contribution >= 0.6 is 0 Å². The molecular formula is C17H18O3. The van der Waals surface area contributed by atoms with E-state index < -0.39 is 0 Å². The number of aryl methyl sites for hydroxylation is 1. The van der Waals surface area contributed by atoms with E-state index in [0.717, 1.165) is 34.5 Å². The van der Waals surface area contributed by atoms with E-state index in [1.165, 1.54) is 0 Å². The van der Waals surface area contributed by atoms with Crippen molar-refractivity contribution in [3.63, 3.8) is 0 Å². The van der Waals surface area contributed by atoms with Gasteiger partial charge in [-0.05, 0) is 47.9 Å². The maximum Gasteiger partial charge on any atom is 0.131 e. The molecule has 2 aromatic carbocycles. The Morgan fingerprint density at radius 2 is 1.55 bits per heavy atom. The van der Waals surface area contributed by atoms with Crippen LogP contribution in [0.15, 0.2) is 42.5 Å². The molecule has 0 aromatic heterocycles. The standard InChI is InChI=1S/C17H18O3/c1-12-8-14(10-16(9-12)20-3)17(11-18)13-4-6-15(19-2)7-5-13/h4-11,17H,1-3H3. The van der Waals surface area contributed by atoms with Gasteiger partial charge in [0.1, 0.15) is 17.8 Å². The fourth-order valence-electron chi connectivity index (χ4n) is 2.23. The summed E-state index contributed by atoms with van der Waals surface area (Å²) in [6.07, 6.45) is 0.954. The molecule has 0 bridgehead atoms. The average molecular weight is 270 g/mol. The first-order valence-electron chi connectivity index (χ1n) is 6.42. The third kappa shape index (κ3) is 2.99. The van der Waals surface area contributed by atoms with E-state index in [0.29, 0.717) is 0 Å². The van der Waals surface area contributed by atoms with E-state index in [-0.39, 0.29) is 5.92 Å². The highest BCUT2D eigenvalue weighted by molar-refractivity contribution is 5.69. The van der Waals surface area contributed by atoms with Crippen molar-refractivity contribution in [1.82, 2.24) is 0 Å². The van der Waals surface area contributed by atoms with Crippen molar-refractivity contribution in [2.75, 3.05) is 14.2 Å². The highest BCUT2D eigenvalue weighted by Gasteiger charge is 2.14. The Morgan fingerprint density at radius 3 is 2.10 bits per heavy atom. The summed E-state index contributed by atoms with van der Waals surface area (Å²) in [4.78, 5) is 11.5. The van der Waals surface area contributed by atoms with Gasteiger partial charge in [0.05, 0.1) is 20.1 Å². The van der Waals surface area contributed by atoms with E-state index in [4.69, 9.17) is 9.47 Å². The summed E-state index contributed by atoms with van der Waals surface area (Å²) >= 11 is 0. The number of hydrogen-bond donors (Lipinski definition) is 0.